The van der Waals surface area contributed by atoms with Crippen LogP contribution in [0.25, 0.3) is 0 Å². The number of halogens is 1. The third-order valence-electron chi connectivity index (χ3n) is 3.80. The summed E-state index contributed by atoms with van der Waals surface area (Å²) in [7, 11) is 0. The van der Waals surface area contributed by atoms with E-state index in [0.717, 1.165) is 5.69 Å². The molecule has 0 aliphatic carbocycles. The van der Waals surface area contributed by atoms with Crippen LogP contribution in [0, 0.1) is 13.8 Å². The molecule has 0 radical (unpaired) electrons. The largest absolute Gasteiger partial charge is 0.510 e. The summed E-state index contributed by atoms with van der Waals surface area (Å²) < 4.78 is 11.4. The number of benzene rings is 1. The molecule has 6 heteroatoms. The van der Waals surface area contributed by atoms with Crippen molar-refractivity contribution in [2.45, 2.75) is 40.3 Å². The van der Waals surface area contributed by atoms with Crippen LogP contribution in [0.4, 0.5) is 4.79 Å². The summed E-state index contributed by atoms with van der Waals surface area (Å²) in [5, 5.41) is 0. The Balaban J connectivity index is 0.00000264. The van der Waals surface area contributed by atoms with Gasteiger partial charge in [-0.2, -0.15) is 0 Å². The van der Waals surface area contributed by atoms with Crippen molar-refractivity contribution in [2.24, 2.45) is 0 Å². The van der Waals surface area contributed by atoms with Crippen LogP contribution in [0.5, 0.6) is 0 Å². The molecule has 126 valence electrons. The van der Waals surface area contributed by atoms with Gasteiger partial charge in [0, 0.05) is 12.1 Å². The Kier molecular flexibility index (Phi) is 7.10. The standard InChI is InChI=1S/C17H22N2O3.ClH/c1-5-21-17(20)22-11-19-9-16(18-10-19)14(4)15-8-6-7-12(2)13(15)3;/h6-10,14H,5,11H2,1-4H3;1H/t14-;/m0./s1. The van der Waals surface area contributed by atoms with Gasteiger partial charge in [0.25, 0.3) is 0 Å². The predicted octanol–water partition coefficient (Wildman–Crippen LogP) is 4.20. The van der Waals surface area contributed by atoms with Crippen LogP contribution in [0.2, 0.25) is 0 Å². The van der Waals surface area contributed by atoms with Gasteiger partial charge in [0.1, 0.15) is 0 Å². The van der Waals surface area contributed by atoms with Crippen LogP contribution in [0.3, 0.4) is 0 Å². The van der Waals surface area contributed by atoms with Crippen LogP contribution < -0.4 is 0 Å². The molecule has 0 amide bonds. The molecule has 0 N–H and O–H groups in total. The summed E-state index contributed by atoms with van der Waals surface area (Å²) in [6.45, 7) is 8.51. The van der Waals surface area contributed by atoms with Gasteiger partial charge in [-0.15, -0.1) is 12.4 Å². The Morgan fingerprint density at radius 2 is 2.04 bits per heavy atom. The third-order valence-corrected chi connectivity index (χ3v) is 3.80. The molecule has 0 saturated heterocycles. The normalized spacial score (nSPS) is 11.5. The van der Waals surface area contributed by atoms with Gasteiger partial charge in [0.05, 0.1) is 18.6 Å². The molecule has 0 unspecified atom stereocenters. The highest BCUT2D eigenvalue weighted by atomic mass is 35.5. The Bertz CT molecular complexity index is 655. The zero-order valence-electron chi connectivity index (χ0n) is 13.9. The second kappa shape index (κ2) is 8.58. The second-order valence-corrected chi connectivity index (χ2v) is 5.28. The number of rotatable bonds is 5. The number of nitrogens with zero attached hydrogens (tertiary/aromatic N) is 2. The smallest absolute Gasteiger partial charge is 0.435 e. The van der Waals surface area contributed by atoms with Gasteiger partial charge in [0.15, 0.2) is 6.73 Å². The highest BCUT2D eigenvalue weighted by Gasteiger charge is 2.14. The Hall–Kier alpha value is -2.01. The van der Waals surface area contributed by atoms with E-state index < -0.39 is 6.16 Å². The fourth-order valence-corrected chi connectivity index (χ4v) is 2.36. The van der Waals surface area contributed by atoms with E-state index in [2.05, 4.69) is 44.0 Å². The monoisotopic (exact) mass is 338 g/mol. The lowest BCUT2D eigenvalue weighted by Crippen LogP contribution is -2.10. The molecule has 1 atom stereocenters. The predicted molar refractivity (Wildman–Crippen MR) is 91.0 cm³/mol. The van der Waals surface area contributed by atoms with Crippen LogP contribution in [-0.2, 0) is 16.2 Å². The van der Waals surface area contributed by atoms with Crippen LogP contribution in [0.15, 0.2) is 30.7 Å². The molecule has 0 aliphatic rings. The zero-order valence-corrected chi connectivity index (χ0v) is 14.7. The van der Waals surface area contributed by atoms with Crippen LogP contribution in [0.1, 0.15) is 42.1 Å². The van der Waals surface area contributed by atoms with Gasteiger partial charge >= 0.3 is 6.16 Å². The molecule has 23 heavy (non-hydrogen) atoms. The highest BCUT2D eigenvalue weighted by Crippen LogP contribution is 2.27. The quantitative estimate of drug-likeness (QED) is 0.766. The molecule has 1 aromatic heterocycles. The van der Waals surface area contributed by atoms with E-state index in [-0.39, 0.29) is 25.1 Å². The first kappa shape index (κ1) is 19.0. The number of hydrogen-bond acceptors (Lipinski definition) is 4. The van der Waals surface area contributed by atoms with Crippen molar-refractivity contribution in [3.05, 3.63) is 53.1 Å². The minimum atomic E-state index is -0.666. The number of imidazole rings is 1. The summed E-state index contributed by atoms with van der Waals surface area (Å²) in [6.07, 6.45) is 2.89. The van der Waals surface area contributed by atoms with Crippen LogP contribution >= 0.6 is 12.4 Å². The maximum absolute atomic E-state index is 11.2. The van der Waals surface area contributed by atoms with E-state index in [4.69, 9.17) is 9.47 Å². The number of hydrogen-bond donors (Lipinski definition) is 0. The fraction of sp³-hybridized carbons (Fsp3) is 0.412. The Labute approximate surface area is 143 Å². The average Bonchev–Trinajstić information content (AvgIpc) is 2.96. The number of carbonyl (C=O) groups is 1. The lowest BCUT2D eigenvalue weighted by atomic mass is 9.92. The van der Waals surface area contributed by atoms with Crippen molar-refractivity contribution in [1.29, 1.82) is 0 Å². The van der Waals surface area contributed by atoms with Crippen LogP contribution in [-0.4, -0.2) is 22.3 Å². The first-order chi connectivity index (χ1) is 10.5. The molecular formula is C17H23ClN2O3. The lowest BCUT2D eigenvalue weighted by molar-refractivity contribution is 0.0369. The van der Waals surface area contributed by atoms with Gasteiger partial charge < -0.3 is 14.0 Å². The van der Waals surface area contributed by atoms with E-state index in [1.165, 1.54) is 16.7 Å². The summed E-state index contributed by atoms with van der Waals surface area (Å²) in [5.41, 5.74) is 4.76. The summed E-state index contributed by atoms with van der Waals surface area (Å²) in [6, 6.07) is 6.30. The summed E-state index contributed by atoms with van der Waals surface area (Å²) in [5.74, 6) is 0.184. The number of aromatic nitrogens is 2. The van der Waals surface area contributed by atoms with Crippen molar-refractivity contribution in [3.63, 3.8) is 0 Å². The zero-order chi connectivity index (χ0) is 16.1. The molecular weight excluding hydrogens is 316 g/mol. The molecule has 1 heterocycles. The Morgan fingerprint density at radius 1 is 1.30 bits per heavy atom. The average molecular weight is 339 g/mol. The van der Waals surface area contributed by atoms with Gasteiger partial charge in [-0.3, -0.25) is 0 Å². The van der Waals surface area contributed by atoms with E-state index in [1.807, 2.05) is 6.20 Å². The fourth-order valence-electron chi connectivity index (χ4n) is 2.36. The third kappa shape index (κ3) is 4.73. The molecule has 0 spiro atoms. The first-order valence-electron chi connectivity index (χ1n) is 7.40. The maximum atomic E-state index is 11.2. The van der Waals surface area contributed by atoms with Crippen molar-refractivity contribution in [2.75, 3.05) is 6.61 Å². The van der Waals surface area contributed by atoms with E-state index in [0.29, 0.717) is 6.61 Å². The molecule has 2 aromatic rings. The topological polar surface area (TPSA) is 53.4 Å². The highest BCUT2D eigenvalue weighted by molar-refractivity contribution is 5.85. The van der Waals surface area contributed by atoms with Gasteiger partial charge in [-0.1, -0.05) is 25.1 Å². The molecule has 0 saturated carbocycles. The molecule has 5 nitrogen and oxygen atoms in total. The molecule has 2 rings (SSSR count). The SMILES string of the molecule is CCOC(=O)OCn1cnc([C@@H](C)c2cccc(C)c2C)c1.Cl. The van der Waals surface area contributed by atoms with Crippen molar-refractivity contribution in [3.8, 4) is 0 Å². The number of ether oxygens (including phenoxy) is 2. The molecule has 0 aliphatic heterocycles. The van der Waals surface area contributed by atoms with E-state index >= 15 is 0 Å². The first-order valence-corrected chi connectivity index (χ1v) is 7.40. The van der Waals surface area contributed by atoms with Gasteiger partial charge in [0.2, 0.25) is 0 Å². The Morgan fingerprint density at radius 3 is 2.74 bits per heavy atom. The van der Waals surface area contributed by atoms with Gasteiger partial charge in [-0.05, 0) is 37.5 Å². The summed E-state index contributed by atoms with van der Waals surface area (Å²) in [4.78, 5) is 15.6. The van der Waals surface area contributed by atoms with Crippen molar-refractivity contribution >= 4 is 18.6 Å². The van der Waals surface area contributed by atoms with Gasteiger partial charge in [-0.25, -0.2) is 9.78 Å². The van der Waals surface area contributed by atoms with Crippen molar-refractivity contribution < 1.29 is 14.3 Å². The maximum Gasteiger partial charge on any atom is 0.510 e. The minimum Gasteiger partial charge on any atom is -0.435 e. The second-order valence-electron chi connectivity index (χ2n) is 5.28. The van der Waals surface area contributed by atoms with E-state index in [9.17, 15) is 4.79 Å². The summed E-state index contributed by atoms with van der Waals surface area (Å²) >= 11 is 0. The molecule has 1 aromatic carbocycles. The molecule has 0 fully saturated rings. The van der Waals surface area contributed by atoms with Crippen molar-refractivity contribution in [1.82, 2.24) is 9.55 Å². The minimum absolute atomic E-state index is 0. The number of aryl methyl sites for hydroxylation is 1. The lowest BCUT2D eigenvalue weighted by Gasteiger charge is -2.14. The number of carbonyl (C=O) groups excluding carboxylic acids is 1. The van der Waals surface area contributed by atoms with E-state index in [1.54, 1.807) is 17.8 Å². The molecule has 0 bridgehead atoms.